The summed E-state index contributed by atoms with van der Waals surface area (Å²) in [7, 11) is 0. The van der Waals surface area contributed by atoms with E-state index in [4.69, 9.17) is 14.6 Å². The highest BCUT2D eigenvalue weighted by Crippen LogP contribution is 2.39. The third-order valence-electron chi connectivity index (χ3n) is 3.81. The molecule has 0 spiro atoms. The van der Waals surface area contributed by atoms with Crippen molar-refractivity contribution in [3.8, 4) is 0 Å². The Hall–Kier alpha value is -1.16. The minimum absolute atomic E-state index is 0.112. The van der Waals surface area contributed by atoms with Crippen LogP contribution in [0.4, 0.5) is 0 Å². The summed E-state index contributed by atoms with van der Waals surface area (Å²) in [6, 6.07) is 10.2. The van der Waals surface area contributed by atoms with Crippen molar-refractivity contribution in [2.45, 2.75) is 45.0 Å². The van der Waals surface area contributed by atoms with Gasteiger partial charge in [-0.2, -0.15) is 0 Å². The Morgan fingerprint density at radius 2 is 2.15 bits per heavy atom. The summed E-state index contributed by atoms with van der Waals surface area (Å²) >= 11 is 0. The highest BCUT2D eigenvalue weighted by atomic mass is 16.6. The van der Waals surface area contributed by atoms with Crippen molar-refractivity contribution in [2.24, 2.45) is 0 Å². The number of epoxide rings is 1. The number of allylic oxidation sites excluding steroid dienone is 1. The molecule has 1 aliphatic heterocycles. The van der Waals surface area contributed by atoms with Gasteiger partial charge in [0.2, 0.25) is 0 Å². The molecule has 1 aromatic rings. The first-order valence-corrected chi connectivity index (χ1v) is 7.20. The fourth-order valence-electron chi connectivity index (χ4n) is 2.21. The molecule has 1 heterocycles. The van der Waals surface area contributed by atoms with Crippen molar-refractivity contribution >= 4 is 0 Å². The molecule has 1 N–H and O–H groups in total. The van der Waals surface area contributed by atoms with Gasteiger partial charge in [-0.15, -0.1) is 0 Å². The van der Waals surface area contributed by atoms with E-state index in [1.165, 1.54) is 11.1 Å². The van der Waals surface area contributed by atoms with Gasteiger partial charge in [-0.25, -0.2) is 0 Å². The molecular formula is C17H24O3. The quantitative estimate of drug-likeness (QED) is 0.451. The first kappa shape index (κ1) is 15.2. The van der Waals surface area contributed by atoms with Crippen LogP contribution in [0.3, 0.4) is 0 Å². The Labute approximate surface area is 121 Å². The van der Waals surface area contributed by atoms with Crippen LogP contribution >= 0.6 is 0 Å². The van der Waals surface area contributed by atoms with Gasteiger partial charge >= 0.3 is 0 Å². The zero-order valence-electron chi connectivity index (χ0n) is 12.3. The highest BCUT2D eigenvalue weighted by Gasteiger charge is 2.50. The van der Waals surface area contributed by atoms with E-state index >= 15 is 0 Å². The molecule has 0 unspecified atom stereocenters. The second-order valence-electron chi connectivity index (χ2n) is 5.67. The number of aliphatic hydroxyl groups is 1. The van der Waals surface area contributed by atoms with Crippen molar-refractivity contribution in [1.82, 2.24) is 0 Å². The maximum absolute atomic E-state index is 9.12. The lowest BCUT2D eigenvalue weighted by Gasteiger charge is -2.04. The van der Waals surface area contributed by atoms with Gasteiger partial charge in [0.25, 0.3) is 0 Å². The van der Waals surface area contributed by atoms with Crippen molar-refractivity contribution in [3.05, 3.63) is 47.5 Å². The molecule has 0 bridgehead atoms. The molecule has 1 aliphatic rings. The molecule has 3 nitrogen and oxygen atoms in total. The van der Waals surface area contributed by atoms with Gasteiger partial charge in [-0.3, -0.25) is 0 Å². The lowest BCUT2D eigenvalue weighted by atomic mass is 10.0. The first-order valence-electron chi connectivity index (χ1n) is 7.20. The Morgan fingerprint density at radius 1 is 1.40 bits per heavy atom. The van der Waals surface area contributed by atoms with Crippen LogP contribution in [-0.4, -0.2) is 30.0 Å². The monoisotopic (exact) mass is 276 g/mol. The van der Waals surface area contributed by atoms with E-state index in [9.17, 15) is 0 Å². The van der Waals surface area contributed by atoms with Crippen LogP contribution in [-0.2, 0) is 16.1 Å². The summed E-state index contributed by atoms with van der Waals surface area (Å²) in [5, 5.41) is 9.12. The van der Waals surface area contributed by atoms with Gasteiger partial charge in [-0.1, -0.05) is 42.0 Å². The zero-order valence-corrected chi connectivity index (χ0v) is 12.3. The number of rotatable bonds is 8. The predicted molar refractivity (Wildman–Crippen MR) is 79.5 cm³/mol. The van der Waals surface area contributed by atoms with E-state index in [0.717, 1.165) is 12.8 Å². The lowest BCUT2D eigenvalue weighted by Crippen LogP contribution is -2.15. The second-order valence-corrected chi connectivity index (χ2v) is 5.67. The fourth-order valence-corrected chi connectivity index (χ4v) is 2.21. The summed E-state index contributed by atoms with van der Waals surface area (Å²) in [6.45, 7) is 5.48. The molecule has 0 radical (unpaired) electrons. The van der Waals surface area contributed by atoms with Crippen LogP contribution in [0.5, 0.6) is 0 Å². The number of hydrogen-bond acceptors (Lipinski definition) is 3. The molecule has 0 saturated carbocycles. The Morgan fingerprint density at radius 3 is 2.80 bits per heavy atom. The number of aliphatic hydroxyl groups excluding tert-OH is 1. The lowest BCUT2D eigenvalue weighted by molar-refractivity contribution is 0.148. The fraction of sp³-hybridized carbons (Fsp3) is 0.529. The van der Waals surface area contributed by atoms with E-state index in [-0.39, 0.29) is 18.3 Å². The Balaban J connectivity index is 1.60. The van der Waals surface area contributed by atoms with Crippen LogP contribution in [0.1, 0.15) is 32.3 Å². The average Bonchev–Trinajstić information content (AvgIpc) is 3.14. The molecule has 1 saturated heterocycles. The van der Waals surface area contributed by atoms with Crippen molar-refractivity contribution < 1.29 is 14.6 Å². The summed E-state index contributed by atoms with van der Waals surface area (Å²) in [5.74, 6) is 0. The molecule has 0 aliphatic carbocycles. The van der Waals surface area contributed by atoms with Gasteiger partial charge in [0.05, 0.1) is 25.9 Å². The van der Waals surface area contributed by atoms with Crippen molar-refractivity contribution in [3.63, 3.8) is 0 Å². The van der Waals surface area contributed by atoms with Crippen LogP contribution < -0.4 is 0 Å². The van der Waals surface area contributed by atoms with Gasteiger partial charge in [0, 0.05) is 0 Å². The maximum atomic E-state index is 9.12. The summed E-state index contributed by atoms with van der Waals surface area (Å²) in [5.41, 5.74) is 2.22. The van der Waals surface area contributed by atoms with Crippen molar-refractivity contribution in [1.29, 1.82) is 0 Å². The molecule has 0 amide bonds. The summed E-state index contributed by atoms with van der Waals surface area (Å²) < 4.78 is 11.1. The minimum atomic E-state index is -0.288. The first-order chi connectivity index (χ1) is 9.64. The average molecular weight is 276 g/mol. The van der Waals surface area contributed by atoms with Crippen LogP contribution in [0.15, 0.2) is 42.0 Å². The smallest absolute Gasteiger partial charge is 0.115 e. The normalized spacial score (nSPS) is 25.8. The molecule has 3 heteroatoms. The molecule has 20 heavy (non-hydrogen) atoms. The highest BCUT2D eigenvalue weighted by molar-refractivity contribution is 5.13. The summed E-state index contributed by atoms with van der Waals surface area (Å²) in [6.07, 6.45) is 4.30. The SMILES string of the molecule is C/C(=C\COCc1ccccc1)CC[C@@H]1O[C@@]1(C)CO. The molecule has 2 rings (SSSR count). The number of hydrogen-bond donors (Lipinski definition) is 1. The maximum Gasteiger partial charge on any atom is 0.115 e. The molecule has 1 fully saturated rings. The molecule has 0 aromatic heterocycles. The van der Waals surface area contributed by atoms with Crippen molar-refractivity contribution in [2.75, 3.05) is 13.2 Å². The Bertz CT molecular complexity index is 441. The Kier molecular flexibility index (Phi) is 5.35. The molecule has 110 valence electrons. The number of benzene rings is 1. The largest absolute Gasteiger partial charge is 0.393 e. The van der Waals surface area contributed by atoms with Crippen LogP contribution in [0, 0.1) is 0 Å². The minimum Gasteiger partial charge on any atom is -0.393 e. The van der Waals surface area contributed by atoms with E-state index < -0.39 is 0 Å². The standard InChI is InChI=1S/C17H24O3/c1-14(8-9-16-17(2,13-18)20-16)10-11-19-12-15-6-4-3-5-7-15/h3-7,10,16,18H,8-9,11-13H2,1-2H3/b14-10+/t16-,17-/m0/s1. The third-order valence-corrected chi connectivity index (χ3v) is 3.81. The van der Waals surface area contributed by atoms with Crippen LogP contribution in [0.2, 0.25) is 0 Å². The second kappa shape index (κ2) is 7.02. The zero-order chi connectivity index (χ0) is 14.4. The van der Waals surface area contributed by atoms with Gasteiger partial charge in [0.15, 0.2) is 0 Å². The topological polar surface area (TPSA) is 42.0 Å². The van der Waals surface area contributed by atoms with Crippen LogP contribution in [0.25, 0.3) is 0 Å². The third kappa shape index (κ3) is 4.44. The van der Waals surface area contributed by atoms with Gasteiger partial charge in [0.1, 0.15) is 5.60 Å². The molecule has 2 atom stereocenters. The van der Waals surface area contributed by atoms with E-state index in [0.29, 0.717) is 13.2 Å². The predicted octanol–water partition coefficient (Wildman–Crippen LogP) is 3.08. The number of ether oxygens (including phenoxy) is 2. The molecule has 1 aromatic carbocycles. The van der Waals surface area contributed by atoms with Gasteiger partial charge < -0.3 is 14.6 Å². The summed E-state index contributed by atoms with van der Waals surface area (Å²) in [4.78, 5) is 0. The van der Waals surface area contributed by atoms with Gasteiger partial charge in [-0.05, 0) is 32.3 Å². The molecular weight excluding hydrogens is 252 g/mol. The van der Waals surface area contributed by atoms with E-state index in [1.54, 1.807) is 0 Å². The van der Waals surface area contributed by atoms with E-state index in [2.05, 4.69) is 25.1 Å². The van der Waals surface area contributed by atoms with E-state index in [1.807, 2.05) is 25.1 Å².